The molecule has 1 aliphatic rings. The second-order valence-electron chi connectivity index (χ2n) is 7.00. The van der Waals surface area contributed by atoms with Crippen LogP contribution in [-0.4, -0.2) is 23.5 Å². The Hall–Kier alpha value is -3.80. The van der Waals surface area contributed by atoms with Gasteiger partial charge in [-0.2, -0.15) is 0 Å². The highest BCUT2D eigenvalue weighted by Gasteiger charge is 2.36. The van der Waals surface area contributed by atoms with Crippen molar-refractivity contribution in [2.45, 2.75) is 0 Å². The summed E-state index contributed by atoms with van der Waals surface area (Å²) in [5.41, 5.74) is 3.79. The molecule has 3 aromatic carbocycles. The summed E-state index contributed by atoms with van der Waals surface area (Å²) in [5.74, 6) is -0.114. The Morgan fingerprint density at radius 3 is 2.50 bits per heavy atom. The lowest BCUT2D eigenvalue weighted by atomic mass is 9.97. The molecule has 28 heavy (non-hydrogen) atoms. The van der Waals surface area contributed by atoms with E-state index in [2.05, 4.69) is 5.32 Å². The van der Waals surface area contributed by atoms with Crippen LogP contribution in [0.1, 0.15) is 20.7 Å². The molecule has 2 amide bonds. The molecule has 0 atom stereocenters. The minimum absolute atomic E-state index is 0.371. The molecular weight excluding hydrogens is 356 g/mol. The Bertz CT molecular complexity index is 1520. The molecule has 136 valence electrons. The lowest BCUT2D eigenvalue weighted by Crippen LogP contribution is -2.20. The van der Waals surface area contributed by atoms with Gasteiger partial charge in [0.05, 0.1) is 23.8 Å². The largest absolute Gasteiger partial charge is 0.497 e. The average Bonchev–Trinajstić information content (AvgIpc) is 3.32. The normalized spacial score (nSPS) is 13.8. The second kappa shape index (κ2) is 4.92. The molecule has 2 aromatic heterocycles. The summed E-state index contributed by atoms with van der Waals surface area (Å²) in [6, 6.07) is 13.3. The summed E-state index contributed by atoms with van der Waals surface area (Å²) in [6.07, 6.45) is 0. The van der Waals surface area contributed by atoms with Gasteiger partial charge in [0.25, 0.3) is 11.8 Å². The number of rotatable bonds is 1. The number of methoxy groups -OCH3 is 1. The molecule has 0 fully saturated rings. The minimum Gasteiger partial charge on any atom is -0.497 e. The van der Waals surface area contributed by atoms with E-state index in [0.29, 0.717) is 33.4 Å². The van der Waals surface area contributed by atoms with E-state index in [1.54, 1.807) is 7.11 Å². The first-order valence-electron chi connectivity index (χ1n) is 8.89. The second-order valence-corrected chi connectivity index (χ2v) is 7.00. The van der Waals surface area contributed by atoms with Crippen molar-refractivity contribution < 1.29 is 18.7 Å². The van der Waals surface area contributed by atoms with Crippen molar-refractivity contribution in [2.24, 2.45) is 7.05 Å². The van der Waals surface area contributed by atoms with E-state index in [4.69, 9.17) is 9.15 Å². The molecule has 0 aliphatic carbocycles. The molecule has 0 saturated heterocycles. The zero-order valence-corrected chi connectivity index (χ0v) is 15.1. The molecule has 0 saturated carbocycles. The number of amides is 2. The highest BCUT2D eigenvalue weighted by Crippen LogP contribution is 2.44. The molecule has 6 nitrogen and oxygen atoms in total. The summed E-state index contributed by atoms with van der Waals surface area (Å²) in [6.45, 7) is 0. The van der Waals surface area contributed by atoms with Crippen LogP contribution in [0.15, 0.2) is 46.9 Å². The molecule has 1 aliphatic heterocycles. The molecule has 1 N–H and O–H groups in total. The van der Waals surface area contributed by atoms with E-state index in [0.717, 1.165) is 27.2 Å². The third-order valence-corrected chi connectivity index (χ3v) is 5.65. The first-order chi connectivity index (χ1) is 13.6. The Morgan fingerprint density at radius 2 is 1.71 bits per heavy atom. The van der Waals surface area contributed by atoms with Gasteiger partial charge in [-0.1, -0.05) is 18.2 Å². The van der Waals surface area contributed by atoms with Gasteiger partial charge in [-0.3, -0.25) is 14.9 Å². The lowest BCUT2D eigenvalue weighted by Gasteiger charge is -2.04. The Labute approximate surface area is 158 Å². The van der Waals surface area contributed by atoms with Gasteiger partial charge in [0.15, 0.2) is 5.58 Å². The molecule has 5 aromatic rings. The van der Waals surface area contributed by atoms with Crippen LogP contribution in [-0.2, 0) is 7.05 Å². The number of furan rings is 1. The molecule has 0 unspecified atom stereocenters. The highest BCUT2D eigenvalue weighted by molar-refractivity contribution is 6.38. The predicted molar refractivity (Wildman–Crippen MR) is 106 cm³/mol. The van der Waals surface area contributed by atoms with Crippen molar-refractivity contribution in [1.29, 1.82) is 0 Å². The molecule has 0 bridgehead atoms. The number of ether oxygens (including phenoxy) is 1. The van der Waals surface area contributed by atoms with Crippen molar-refractivity contribution in [1.82, 2.24) is 9.88 Å². The molecule has 0 radical (unpaired) electrons. The molecular formula is C22H14N2O4. The first kappa shape index (κ1) is 15.3. The number of fused-ring (bicyclic) bond motifs is 10. The van der Waals surface area contributed by atoms with E-state index >= 15 is 0 Å². The van der Waals surface area contributed by atoms with Crippen LogP contribution in [0.5, 0.6) is 5.75 Å². The predicted octanol–water partition coefficient (Wildman–Crippen LogP) is 4.12. The summed E-state index contributed by atoms with van der Waals surface area (Å²) in [4.78, 5) is 25.5. The van der Waals surface area contributed by atoms with Crippen LogP contribution in [0.25, 0.3) is 43.7 Å². The monoisotopic (exact) mass is 370 g/mol. The zero-order chi connectivity index (χ0) is 19.2. The molecule has 6 heteroatoms. The fourth-order valence-electron chi connectivity index (χ4n) is 4.46. The number of para-hydroxylation sites is 1. The van der Waals surface area contributed by atoms with Gasteiger partial charge in [0.1, 0.15) is 11.3 Å². The SMILES string of the molecule is COc1ccc2oc3c(c4c(c5c6ccccc6n(C)c35)C(=O)NC4=O)c2c1. The van der Waals surface area contributed by atoms with E-state index in [9.17, 15) is 9.59 Å². The maximum absolute atomic E-state index is 12.8. The van der Waals surface area contributed by atoms with E-state index in [1.807, 2.05) is 54.1 Å². The number of aromatic nitrogens is 1. The number of carbonyl (C=O) groups excluding carboxylic acids is 2. The summed E-state index contributed by atoms with van der Waals surface area (Å²) >= 11 is 0. The quantitative estimate of drug-likeness (QED) is 0.451. The van der Waals surface area contributed by atoms with Crippen LogP contribution in [0.2, 0.25) is 0 Å². The van der Waals surface area contributed by atoms with Crippen molar-refractivity contribution >= 4 is 55.6 Å². The van der Waals surface area contributed by atoms with Gasteiger partial charge in [-0.15, -0.1) is 0 Å². The number of carbonyl (C=O) groups is 2. The van der Waals surface area contributed by atoms with E-state index in [-0.39, 0.29) is 5.91 Å². The van der Waals surface area contributed by atoms with Crippen LogP contribution >= 0.6 is 0 Å². The summed E-state index contributed by atoms with van der Waals surface area (Å²) < 4.78 is 13.6. The zero-order valence-electron chi connectivity index (χ0n) is 15.1. The summed E-state index contributed by atoms with van der Waals surface area (Å²) in [5, 5.41) is 5.52. The number of benzene rings is 3. The first-order valence-corrected chi connectivity index (χ1v) is 8.89. The number of aryl methyl sites for hydroxylation is 1. The number of hydrogen-bond donors (Lipinski definition) is 1. The van der Waals surface area contributed by atoms with E-state index in [1.165, 1.54) is 0 Å². The maximum atomic E-state index is 12.8. The molecule has 0 spiro atoms. The number of imide groups is 1. The number of hydrogen-bond acceptors (Lipinski definition) is 4. The topological polar surface area (TPSA) is 73.5 Å². The number of nitrogens with one attached hydrogen (secondary N) is 1. The summed E-state index contributed by atoms with van der Waals surface area (Å²) in [7, 11) is 3.53. The van der Waals surface area contributed by atoms with Crippen LogP contribution < -0.4 is 10.1 Å². The van der Waals surface area contributed by atoms with Crippen molar-refractivity contribution in [3.63, 3.8) is 0 Å². The van der Waals surface area contributed by atoms with Gasteiger partial charge in [-0.25, -0.2) is 0 Å². The van der Waals surface area contributed by atoms with Crippen LogP contribution in [0.3, 0.4) is 0 Å². The minimum atomic E-state index is -0.398. The average molecular weight is 370 g/mol. The third kappa shape index (κ3) is 1.63. The fourth-order valence-corrected chi connectivity index (χ4v) is 4.46. The van der Waals surface area contributed by atoms with Gasteiger partial charge in [0.2, 0.25) is 0 Å². The highest BCUT2D eigenvalue weighted by atomic mass is 16.5. The van der Waals surface area contributed by atoms with Crippen LogP contribution in [0, 0.1) is 0 Å². The van der Waals surface area contributed by atoms with Gasteiger partial charge in [0, 0.05) is 34.1 Å². The standard InChI is InChI=1S/C22H14N2O4/c1-24-13-6-4-3-5-11(13)15-17-18(22(26)23-21(17)25)16-12-9-10(27-2)7-8-14(12)28-20(16)19(15)24/h3-9H,1-2H3,(H,23,25,26). The van der Waals surface area contributed by atoms with Crippen molar-refractivity contribution in [3.8, 4) is 5.75 Å². The molecule has 3 heterocycles. The van der Waals surface area contributed by atoms with Crippen molar-refractivity contribution in [3.05, 3.63) is 53.6 Å². The smallest absolute Gasteiger partial charge is 0.259 e. The Kier molecular flexibility index (Phi) is 2.69. The Balaban J connectivity index is 2.00. The van der Waals surface area contributed by atoms with Crippen LogP contribution in [0.4, 0.5) is 0 Å². The lowest BCUT2D eigenvalue weighted by molar-refractivity contribution is 0.0880. The number of nitrogens with zero attached hydrogens (tertiary/aromatic N) is 1. The Morgan fingerprint density at radius 1 is 0.964 bits per heavy atom. The van der Waals surface area contributed by atoms with Gasteiger partial charge in [-0.05, 0) is 24.3 Å². The third-order valence-electron chi connectivity index (χ3n) is 5.65. The molecule has 6 rings (SSSR count). The van der Waals surface area contributed by atoms with Crippen molar-refractivity contribution in [2.75, 3.05) is 7.11 Å². The van der Waals surface area contributed by atoms with Gasteiger partial charge >= 0.3 is 0 Å². The van der Waals surface area contributed by atoms with E-state index < -0.39 is 5.91 Å². The maximum Gasteiger partial charge on any atom is 0.259 e. The fraction of sp³-hybridized carbons (Fsp3) is 0.0909. The van der Waals surface area contributed by atoms with Gasteiger partial charge < -0.3 is 13.7 Å².